The maximum atomic E-state index is 12.4. The zero-order valence-electron chi connectivity index (χ0n) is 105. The summed E-state index contributed by atoms with van der Waals surface area (Å²) in [6.45, 7) is 124. The van der Waals surface area contributed by atoms with E-state index in [1.165, 1.54) is 38.4 Å². The number of ether oxygens (including phenoxy) is 1. The lowest BCUT2D eigenvalue weighted by Gasteiger charge is -2.40. The van der Waals surface area contributed by atoms with Crippen molar-refractivity contribution in [3.8, 4) is 22.5 Å². The molecular formula is C118H215N15O10S6. The van der Waals surface area contributed by atoms with Crippen LogP contribution in [-0.4, -0.2) is 213 Å². The van der Waals surface area contributed by atoms with Gasteiger partial charge in [-0.3, -0.25) is 48.4 Å². The maximum Gasteiger partial charge on any atom is 0.261 e. The molecule has 8 rings (SSSR count). The molecular weight excluding hydrogens is 1980 g/mol. The SMILES string of the molecule is CC(C)(C)N1Cc2ccccc2-c2c(nnn2C(C)(C)C)-c2ccccc21.CC(C)(C)N=C(N)CCSC1CC(=O)N(C(C)(C)C)C1=O.CC(C)(C)NC(=O)CON=C(C(C)(C)C)C(C)(C)C.CC(C)(C)ON=C(C(C)(C)C)C(C)(C)C.CC(C)(C)SC1CC(=O)N(C(C)(C)C)C1=O.CC(C)(C)SSC(C)(C)C.CC(C)(C)n1ccnn1.CC(C)C.CC(C)SCC(=O)C(C)(C)C.COC1CC(SC(C)(C)C)C(=O)N1C(C)(C)C. The molecule has 3 N–H and O–H groups in total. The van der Waals surface area contributed by atoms with E-state index in [4.69, 9.17) is 20.1 Å². The summed E-state index contributed by atoms with van der Waals surface area (Å²) in [5, 5.41) is 28.3. The summed E-state index contributed by atoms with van der Waals surface area (Å²) in [7, 11) is 5.60. The van der Waals surface area contributed by atoms with Crippen molar-refractivity contribution in [1.29, 1.82) is 0 Å². The van der Waals surface area contributed by atoms with E-state index < -0.39 is 11.1 Å². The van der Waals surface area contributed by atoms with Gasteiger partial charge in [0.25, 0.3) is 5.91 Å². The molecule has 6 heterocycles. The molecule has 4 aliphatic heterocycles. The van der Waals surface area contributed by atoms with Gasteiger partial charge in [0, 0.05) is 142 Å². The fourth-order valence-corrected chi connectivity index (χ4v) is 21.6. The quantitative estimate of drug-likeness (QED) is 0.0367. The van der Waals surface area contributed by atoms with Gasteiger partial charge in [-0.2, -0.15) is 11.8 Å². The lowest BCUT2D eigenvalue weighted by atomic mass is 9.75. The molecule has 4 aliphatic rings. The molecule has 0 radical (unpaired) electrons. The number of thioether (sulfide) groups is 4. The second kappa shape index (κ2) is 57.7. The van der Waals surface area contributed by atoms with Crippen LogP contribution >= 0.6 is 68.6 Å². The number of aromatic nitrogens is 6. The topological polar surface area (TPSA) is 297 Å². The van der Waals surface area contributed by atoms with Crippen molar-refractivity contribution in [1.82, 2.24) is 50.0 Å². The van der Waals surface area contributed by atoms with Gasteiger partial charge in [-0.05, 0) is 210 Å². The molecule has 2 aromatic heterocycles. The first kappa shape index (κ1) is 145. The van der Waals surface area contributed by atoms with Crippen molar-refractivity contribution in [3.63, 3.8) is 0 Å². The zero-order chi connectivity index (χ0) is 118. The molecule has 149 heavy (non-hydrogen) atoms. The van der Waals surface area contributed by atoms with Gasteiger partial charge in [-0.25, -0.2) is 9.36 Å². The number of Topliss-reactive ketones (excluding diaryl/α,β-unsaturated/α-hetero) is 1. The summed E-state index contributed by atoms with van der Waals surface area (Å²) in [5.41, 5.74) is 12.9. The fraction of sp³-hybridized carbons (Fsp3) is 0.780. The van der Waals surface area contributed by atoms with Crippen LogP contribution in [0.2, 0.25) is 0 Å². The number of nitrogens with one attached hydrogen (secondary N) is 1. The van der Waals surface area contributed by atoms with Crippen molar-refractivity contribution in [2.75, 3.05) is 30.1 Å². The number of amidine groups is 1. The highest BCUT2D eigenvalue weighted by atomic mass is 33.1. The molecule has 31 heteroatoms. The number of nitrogens with two attached hydrogens (primary N) is 1. The number of nitrogens with zero attached hydrogens (tertiary/aromatic N) is 13. The number of carbonyl (C=O) groups excluding carboxylic acids is 7. The smallest absolute Gasteiger partial charge is 0.261 e. The molecule has 0 aliphatic carbocycles. The maximum absolute atomic E-state index is 12.4. The molecule has 4 unspecified atom stereocenters. The Hall–Kier alpha value is -6.12. The Labute approximate surface area is 934 Å². The molecule has 2 aromatic carbocycles. The summed E-state index contributed by atoms with van der Waals surface area (Å²) < 4.78 is 10.2. The van der Waals surface area contributed by atoms with Crippen LogP contribution in [0.25, 0.3) is 22.5 Å². The van der Waals surface area contributed by atoms with Gasteiger partial charge in [0.2, 0.25) is 29.5 Å². The number of benzene rings is 2. The van der Waals surface area contributed by atoms with Gasteiger partial charge in [0.1, 0.15) is 23.3 Å². The molecule has 3 saturated heterocycles. The highest BCUT2D eigenvalue weighted by molar-refractivity contribution is 8.77. The summed E-state index contributed by atoms with van der Waals surface area (Å²) in [5.74, 6) is 2.95. The highest BCUT2D eigenvalue weighted by Gasteiger charge is 2.49. The van der Waals surface area contributed by atoms with Gasteiger partial charge >= 0.3 is 0 Å². The molecule has 25 nitrogen and oxygen atoms in total. The van der Waals surface area contributed by atoms with Crippen molar-refractivity contribution in [2.24, 2.45) is 54.0 Å². The Morgan fingerprint density at radius 2 is 0.913 bits per heavy atom. The van der Waals surface area contributed by atoms with Gasteiger partial charge in [-0.15, -0.1) is 45.5 Å². The lowest BCUT2D eigenvalue weighted by Crippen LogP contribution is -2.48. The number of rotatable bonds is 15. The first-order valence-electron chi connectivity index (χ1n) is 53.1. The number of fused-ring (bicyclic) bond motifs is 5. The van der Waals surface area contributed by atoms with Gasteiger partial charge in [0.05, 0.1) is 67.3 Å². The van der Waals surface area contributed by atoms with Crippen LogP contribution in [0.4, 0.5) is 5.69 Å². The number of amides is 6. The molecule has 0 spiro atoms. The predicted octanol–water partition coefficient (Wildman–Crippen LogP) is 30.0. The van der Waals surface area contributed by atoms with Crippen LogP contribution in [0.1, 0.15) is 440 Å². The van der Waals surface area contributed by atoms with E-state index in [2.05, 4.69) is 383 Å². The van der Waals surface area contributed by atoms with Crippen LogP contribution in [0.3, 0.4) is 0 Å². The number of methoxy groups -OCH3 is 1. The number of aliphatic imine (C=N–C) groups is 1. The van der Waals surface area contributed by atoms with E-state index in [9.17, 15) is 33.6 Å². The number of hydrogen-bond acceptors (Lipinski definition) is 24. The number of hydrogen-bond donors (Lipinski definition) is 2. The third-order valence-electron chi connectivity index (χ3n) is 20.2. The molecule has 0 bridgehead atoms. The van der Waals surface area contributed by atoms with Crippen LogP contribution < -0.4 is 16.0 Å². The highest BCUT2D eigenvalue weighted by Crippen LogP contribution is 2.47. The van der Waals surface area contributed by atoms with E-state index in [1.807, 2.05) is 162 Å². The number of anilines is 1. The Bertz CT molecular complexity index is 4820. The van der Waals surface area contributed by atoms with Crippen molar-refractivity contribution in [2.45, 2.75) is 537 Å². The molecule has 6 amide bonds. The number of oxime groups is 2. The first-order chi connectivity index (χ1) is 66.1. The third kappa shape index (κ3) is 58.5. The number of para-hydroxylation sites is 1. The van der Waals surface area contributed by atoms with E-state index in [0.717, 1.165) is 47.3 Å². The van der Waals surface area contributed by atoms with Crippen molar-refractivity contribution in [3.05, 3.63) is 66.5 Å². The number of ketones is 1. The average Bonchev–Trinajstić information content (AvgIpc) is 1.62. The Morgan fingerprint density at radius 1 is 0.490 bits per heavy atom. The van der Waals surface area contributed by atoms with E-state index in [0.29, 0.717) is 50.7 Å². The predicted molar refractivity (Wildman–Crippen MR) is 650 cm³/mol. The van der Waals surface area contributed by atoms with Crippen LogP contribution in [0.15, 0.2) is 76.2 Å². The Balaban J connectivity index is 0. The largest absolute Gasteiger partial charge is 0.390 e. The lowest BCUT2D eigenvalue weighted by molar-refractivity contribution is -0.145. The summed E-state index contributed by atoms with van der Waals surface area (Å²) in [6.07, 6.45) is 5.52. The first-order valence-corrected chi connectivity index (χ1v) is 59.1. The minimum Gasteiger partial charge on any atom is -0.390 e. The normalized spacial score (nSPS) is 16.9. The second-order valence-corrected chi connectivity index (χ2v) is 68.4. The van der Waals surface area contributed by atoms with Gasteiger partial charge < -0.3 is 35.3 Å². The van der Waals surface area contributed by atoms with E-state index in [-0.39, 0.29) is 146 Å². The van der Waals surface area contributed by atoms with Gasteiger partial charge in [0.15, 0.2) is 6.61 Å². The molecule has 4 atom stereocenters. The number of likely N-dealkylation sites (tertiary alicyclic amines) is 3. The standard InChI is InChI=1S/C23H28N4.C15H27N3O2S.C15H30N2O2.C13H25NO2S.C13H27NO.C12H21NO2S.C9H18OS.C8H18S2.C6H11N3.C4H10/c1-22(2,3)26-15-16-11-7-8-12-17(16)21-20(18-13-9-10-14-19(18)26)24-25-27(21)23(4,5)6;1-14(2,3)17-11(16)7-8-21-10-9-12(19)18(13(10)20)15(4,5)6;1-13(2,3)12(14(4,5)6)17-19-10-11(18)16-15(7,8)9;1-12(2,3)14-10(16-7)8-9(11(14)15)17-13(4,5)6;1-11(2,3)10(12(4,5)6)14-15-13(7,8)9;1-11(2,3)13-9(14)7-8(10(13)15)16-12(4,5)6;1-7(2)11-6-8(10)9(3,4)5;1-7(2,3)9-10-8(4,5)6;1-6(2,3)9-5-4-7-8-9;1-4(2)3/h7-14H,15H2,1-6H3;10H,7-9H2,1-6H3,(H2,16,17);10H2,1-9H3,(H,16,18);9-10H,8H2,1-7H3;1-9H3;8H,7H2,1-6H3;7H,6H2,1-5H3;1-6H3;4-5H,1-3H3;4H,1-3H3. The molecule has 0 saturated carbocycles. The van der Waals surface area contributed by atoms with E-state index >= 15 is 0 Å². The fourth-order valence-electron chi connectivity index (χ4n) is 14.9. The average molecular weight is 2200 g/mol. The second-order valence-electron chi connectivity index (χ2n) is 57.6. The summed E-state index contributed by atoms with van der Waals surface area (Å²) in [4.78, 5) is 106. The molecule has 4 aromatic rings. The van der Waals surface area contributed by atoms with Crippen LogP contribution in [0.5, 0.6) is 0 Å². The van der Waals surface area contributed by atoms with Crippen LogP contribution in [0, 0.1) is 33.0 Å². The number of imide groups is 2. The van der Waals surface area contributed by atoms with E-state index in [1.54, 1.807) is 48.6 Å². The van der Waals surface area contributed by atoms with Crippen LogP contribution in [-0.2, 0) is 65.6 Å². The molecule has 3 fully saturated rings. The minimum atomic E-state index is -0.448. The Kier molecular flexibility index (Phi) is 56.1. The summed E-state index contributed by atoms with van der Waals surface area (Å²) >= 11 is 6.54. The number of carbonyl (C=O) groups is 7. The van der Waals surface area contributed by atoms with Crippen molar-refractivity contribution >= 4 is 133 Å². The van der Waals surface area contributed by atoms with Crippen molar-refractivity contribution < 1.29 is 48.0 Å². The monoisotopic (exact) mass is 2190 g/mol. The Morgan fingerprint density at radius 3 is 1.26 bits per heavy atom. The zero-order valence-corrected chi connectivity index (χ0v) is 110. The minimum absolute atomic E-state index is 0.00843. The third-order valence-corrected chi connectivity index (χ3v) is 29.6. The summed E-state index contributed by atoms with van der Waals surface area (Å²) in [6, 6.07) is 17.2. The van der Waals surface area contributed by atoms with Gasteiger partial charge in [-0.1, -0.05) is 306 Å². The molecule has 858 valence electrons.